The van der Waals surface area contributed by atoms with Crippen molar-refractivity contribution in [3.63, 3.8) is 0 Å². The Labute approximate surface area is 245 Å². The SMILES string of the molecule is CC1C2C(CC3C4CC=C5C[C@@H](O[C@@H]6O[C@H](CO)[C@@H](O)[C@H](O)[C@H]6N)CC[C@]5(C)C4CC[C@@]32C)O[C@]12CC[C@@H](C)CO2. The Bertz CT molecular complexity index is 1030. The molecule has 0 aromatic carbocycles. The van der Waals surface area contributed by atoms with Gasteiger partial charge in [-0.2, -0.15) is 0 Å². The molecule has 41 heavy (non-hydrogen) atoms. The molecule has 7 aliphatic rings. The van der Waals surface area contributed by atoms with Crippen LogP contribution in [0.25, 0.3) is 0 Å². The monoisotopic (exact) mass is 575 g/mol. The quantitative estimate of drug-likeness (QED) is 0.377. The Morgan fingerprint density at radius 1 is 1.05 bits per heavy atom. The summed E-state index contributed by atoms with van der Waals surface area (Å²) in [7, 11) is 0. The molecule has 3 saturated heterocycles. The first-order chi connectivity index (χ1) is 19.5. The molecule has 3 aliphatic heterocycles. The van der Waals surface area contributed by atoms with Crippen LogP contribution in [-0.2, 0) is 18.9 Å². The molecule has 0 aromatic rings. The van der Waals surface area contributed by atoms with Crippen LogP contribution in [0.15, 0.2) is 11.6 Å². The van der Waals surface area contributed by atoms with E-state index in [-0.39, 0.29) is 23.9 Å². The Kier molecular flexibility index (Phi) is 7.27. The van der Waals surface area contributed by atoms with Gasteiger partial charge in [0.1, 0.15) is 18.3 Å². The van der Waals surface area contributed by atoms with Crippen LogP contribution in [0.2, 0.25) is 0 Å². The number of rotatable bonds is 3. The molecule has 232 valence electrons. The molecule has 4 aliphatic carbocycles. The highest BCUT2D eigenvalue weighted by atomic mass is 16.7. The van der Waals surface area contributed by atoms with Gasteiger partial charge in [-0.1, -0.05) is 39.3 Å². The van der Waals surface area contributed by atoms with Crippen LogP contribution < -0.4 is 5.73 Å². The van der Waals surface area contributed by atoms with Crippen LogP contribution in [-0.4, -0.2) is 77.2 Å². The fourth-order valence-electron chi connectivity index (χ4n) is 11.2. The molecule has 8 nitrogen and oxygen atoms in total. The Morgan fingerprint density at radius 3 is 2.59 bits per heavy atom. The zero-order valence-electron chi connectivity index (χ0n) is 25.4. The second kappa shape index (κ2) is 10.2. The molecule has 5 N–H and O–H groups in total. The number of aliphatic hydroxyl groups excluding tert-OH is 3. The highest BCUT2D eigenvalue weighted by Crippen LogP contribution is 2.70. The molecule has 3 saturated carbocycles. The molecule has 0 radical (unpaired) electrons. The molecule has 0 bridgehead atoms. The second-order valence-corrected chi connectivity index (χ2v) is 15.6. The van der Waals surface area contributed by atoms with Crippen LogP contribution in [0.1, 0.15) is 85.5 Å². The molecular formula is C33H53NO7. The normalized spacial score (nSPS) is 58.3. The third-order valence-corrected chi connectivity index (χ3v) is 13.6. The maximum atomic E-state index is 10.4. The summed E-state index contributed by atoms with van der Waals surface area (Å²) in [6.07, 6.45) is 8.60. The summed E-state index contributed by atoms with van der Waals surface area (Å²) >= 11 is 0. The van der Waals surface area contributed by atoms with Crippen molar-refractivity contribution in [2.75, 3.05) is 13.2 Å². The van der Waals surface area contributed by atoms with Crippen molar-refractivity contribution < 1.29 is 34.3 Å². The van der Waals surface area contributed by atoms with Gasteiger partial charge in [-0.25, -0.2) is 0 Å². The standard InChI is InChI=1S/C33H53NO7/c1-17-7-12-33(38-16-17)18(2)26-24(41-33)14-23-21-6-5-19-13-20(8-10-31(19,3)22(21)9-11-32(23,26)4)39-30-27(34)29(37)28(36)25(15-35)40-30/h5,17-18,20-30,35-37H,6-16,34H2,1-4H3/t17-,18?,20+,21?,22?,23?,24?,25-,26?,27-,28-,29-,30-,31+,32+,33-/m1/s1. The first kappa shape index (κ1) is 29.1. The van der Waals surface area contributed by atoms with Crippen LogP contribution in [0, 0.1) is 46.3 Å². The van der Waals surface area contributed by atoms with Crippen molar-refractivity contribution in [3.05, 3.63) is 11.6 Å². The molecule has 8 heteroatoms. The summed E-state index contributed by atoms with van der Waals surface area (Å²) in [6.45, 7) is 10.2. The van der Waals surface area contributed by atoms with Gasteiger partial charge in [0.2, 0.25) is 0 Å². The van der Waals surface area contributed by atoms with Gasteiger partial charge in [-0.05, 0) is 91.8 Å². The lowest BCUT2D eigenvalue weighted by molar-refractivity contribution is -0.280. The number of hydrogen-bond donors (Lipinski definition) is 4. The number of nitrogens with two attached hydrogens (primary N) is 1. The van der Waals surface area contributed by atoms with Gasteiger partial charge in [0.25, 0.3) is 0 Å². The first-order valence-electron chi connectivity index (χ1n) is 16.6. The summed E-state index contributed by atoms with van der Waals surface area (Å²) in [5, 5.41) is 30.1. The topological polar surface area (TPSA) is 124 Å². The number of ether oxygens (including phenoxy) is 4. The summed E-state index contributed by atoms with van der Waals surface area (Å²) in [5.74, 6) is 3.38. The highest BCUT2D eigenvalue weighted by Gasteiger charge is 2.68. The summed E-state index contributed by atoms with van der Waals surface area (Å²) < 4.78 is 25.6. The Hall–Kier alpha value is -0.580. The number of aliphatic hydroxyl groups is 3. The van der Waals surface area contributed by atoms with Gasteiger partial charge < -0.3 is 40.0 Å². The minimum atomic E-state index is -1.22. The predicted molar refractivity (Wildman–Crippen MR) is 152 cm³/mol. The largest absolute Gasteiger partial charge is 0.394 e. The highest BCUT2D eigenvalue weighted by molar-refractivity contribution is 5.26. The van der Waals surface area contributed by atoms with Gasteiger partial charge in [0, 0.05) is 12.3 Å². The fourth-order valence-corrected chi connectivity index (χ4v) is 11.2. The molecule has 6 unspecified atom stereocenters. The van der Waals surface area contributed by atoms with E-state index < -0.39 is 30.6 Å². The second-order valence-electron chi connectivity index (χ2n) is 15.6. The molecule has 0 amide bonds. The van der Waals surface area contributed by atoms with Gasteiger partial charge in [0.05, 0.1) is 31.5 Å². The van der Waals surface area contributed by atoms with E-state index >= 15 is 0 Å². The van der Waals surface area contributed by atoms with E-state index in [1.54, 1.807) is 0 Å². The van der Waals surface area contributed by atoms with Crippen LogP contribution in [0.4, 0.5) is 0 Å². The van der Waals surface area contributed by atoms with Gasteiger partial charge >= 0.3 is 0 Å². The average molecular weight is 576 g/mol. The maximum Gasteiger partial charge on any atom is 0.176 e. The van der Waals surface area contributed by atoms with Crippen molar-refractivity contribution in [1.29, 1.82) is 0 Å². The van der Waals surface area contributed by atoms with Crippen LogP contribution in [0.5, 0.6) is 0 Å². The minimum Gasteiger partial charge on any atom is -0.394 e. The van der Waals surface area contributed by atoms with Crippen molar-refractivity contribution in [2.24, 2.45) is 52.1 Å². The van der Waals surface area contributed by atoms with Crippen LogP contribution >= 0.6 is 0 Å². The predicted octanol–water partition coefficient (Wildman–Crippen LogP) is 3.50. The van der Waals surface area contributed by atoms with E-state index in [1.165, 1.54) is 31.3 Å². The minimum absolute atomic E-state index is 0.0490. The van der Waals surface area contributed by atoms with Crippen molar-refractivity contribution in [2.45, 2.75) is 134 Å². The molecule has 3 heterocycles. The Balaban J connectivity index is 1.05. The Morgan fingerprint density at radius 2 is 1.85 bits per heavy atom. The summed E-state index contributed by atoms with van der Waals surface area (Å²) in [6, 6.07) is -0.852. The summed E-state index contributed by atoms with van der Waals surface area (Å²) in [4.78, 5) is 0. The van der Waals surface area contributed by atoms with E-state index in [1.807, 2.05) is 0 Å². The molecule has 0 aromatic heterocycles. The zero-order valence-corrected chi connectivity index (χ0v) is 25.4. The van der Waals surface area contributed by atoms with Crippen molar-refractivity contribution in [3.8, 4) is 0 Å². The van der Waals surface area contributed by atoms with Gasteiger partial charge in [0.15, 0.2) is 12.1 Å². The van der Waals surface area contributed by atoms with Gasteiger partial charge in [-0.3, -0.25) is 0 Å². The maximum absolute atomic E-state index is 10.4. The van der Waals surface area contributed by atoms with E-state index in [2.05, 4.69) is 33.8 Å². The molecule has 7 rings (SSSR count). The van der Waals surface area contributed by atoms with Crippen molar-refractivity contribution in [1.82, 2.24) is 0 Å². The zero-order chi connectivity index (χ0) is 28.9. The van der Waals surface area contributed by atoms with Crippen LogP contribution in [0.3, 0.4) is 0 Å². The van der Waals surface area contributed by atoms with E-state index in [0.717, 1.165) is 38.7 Å². The lowest BCUT2D eigenvalue weighted by Crippen LogP contribution is -2.63. The molecule has 16 atom stereocenters. The lowest BCUT2D eigenvalue weighted by atomic mass is 9.47. The third-order valence-electron chi connectivity index (χ3n) is 13.6. The number of hydrogen-bond acceptors (Lipinski definition) is 8. The first-order valence-corrected chi connectivity index (χ1v) is 16.6. The molecular weight excluding hydrogens is 522 g/mol. The lowest BCUT2D eigenvalue weighted by Gasteiger charge is -2.58. The molecule has 1 spiro atoms. The number of allylic oxidation sites excluding steroid dienone is 1. The van der Waals surface area contributed by atoms with E-state index in [9.17, 15) is 15.3 Å². The smallest absolute Gasteiger partial charge is 0.176 e. The summed E-state index contributed by atoms with van der Waals surface area (Å²) in [5.41, 5.74) is 8.18. The van der Waals surface area contributed by atoms with Crippen molar-refractivity contribution >= 4 is 0 Å². The fraction of sp³-hybridized carbons (Fsp3) is 0.939. The third kappa shape index (κ3) is 4.29. The molecule has 6 fully saturated rings. The average Bonchev–Trinajstić information content (AvgIpc) is 3.40. The number of fused-ring (bicyclic) bond motifs is 7. The van der Waals surface area contributed by atoms with E-state index in [0.29, 0.717) is 47.0 Å². The van der Waals surface area contributed by atoms with E-state index in [4.69, 9.17) is 24.7 Å². The van der Waals surface area contributed by atoms with Gasteiger partial charge in [-0.15, -0.1) is 0 Å².